The van der Waals surface area contributed by atoms with Crippen molar-refractivity contribution in [3.05, 3.63) is 39.7 Å². The molecule has 5 rings (SSSR count). The summed E-state index contributed by atoms with van der Waals surface area (Å²) in [4.78, 5) is 18.0. The van der Waals surface area contributed by atoms with Gasteiger partial charge >= 0.3 is 0 Å². The molecule has 0 spiro atoms. The Balaban J connectivity index is 1.19. The maximum Gasteiger partial charge on any atom is 0.252 e. The molecule has 1 aliphatic heterocycles. The van der Waals surface area contributed by atoms with Crippen LogP contribution in [0.1, 0.15) is 48.8 Å². The minimum Gasteiger partial charge on any atom is -0.351 e. The number of aromatic nitrogens is 2. The maximum atomic E-state index is 13.1. The highest BCUT2D eigenvalue weighted by Gasteiger charge is 2.33. The number of carbonyl (C=O) groups is 1. The lowest BCUT2D eigenvalue weighted by Crippen LogP contribution is -2.42. The molecule has 4 heterocycles. The number of hydrogen-bond acceptors (Lipinski definition) is 8. The molecule has 0 unspecified atom stereocenters. The van der Waals surface area contributed by atoms with Crippen LogP contribution < -0.4 is 5.32 Å². The van der Waals surface area contributed by atoms with Crippen molar-refractivity contribution in [2.75, 3.05) is 13.1 Å². The highest BCUT2D eigenvalue weighted by atomic mass is 32.2. The molecule has 0 bridgehead atoms. The summed E-state index contributed by atoms with van der Waals surface area (Å²) in [5.41, 5.74) is 0.658. The molecule has 1 amide bonds. The molecule has 2 fully saturated rings. The summed E-state index contributed by atoms with van der Waals surface area (Å²) < 4.78 is 33.4. The molecule has 0 atom stereocenters. The number of sulfonamides is 1. The molecule has 32 heavy (non-hydrogen) atoms. The summed E-state index contributed by atoms with van der Waals surface area (Å²) in [6, 6.07) is 5.56. The van der Waals surface area contributed by atoms with Gasteiger partial charge in [0.25, 0.3) is 10.0 Å². The largest absolute Gasteiger partial charge is 0.351 e. The van der Waals surface area contributed by atoms with E-state index in [9.17, 15) is 13.2 Å². The quantitative estimate of drug-likeness (QED) is 0.537. The number of thiophene rings is 2. The first-order chi connectivity index (χ1) is 15.5. The zero-order valence-corrected chi connectivity index (χ0v) is 19.8. The predicted octanol–water partition coefficient (Wildman–Crippen LogP) is 3.84. The number of nitrogens with zero attached hydrogens (tertiary/aromatic N) is 3. The van der Waals surface area contributed by atoms with Crippen LogP contribution in [-0.2, 0) is 21.4 Å². The first kappa shape index (κ1) is 21.7. The number of amides is 1. The number of nitrogens with one attached hydrogen (secondary N) is 1. The molecule has 0 radical (unpaired) electrons. The highest BCUT2D eigenvalue weighted by Crippen LogP contribution is 2.37. The number of piperidine rings is 1. The highest BCUT2D eigenvalue weighted by molar-refractivity contribution is 7.91. The molecule has 170 valence electrons. The third-order valence-electron chi connectivity index (χ3n) is 6.17. The van der Waals surface area contributed by atoms with Crippen LogP contribution in [0.15, 0.2) is 37.7 Å². The standard InChI is InChI=1S/C21H24N4O4S3/c26-20(22-12-17-5-2-10-30-17)14-6-8-25(9-7-14)32(27,28)18-11-16(13-31-18)19-23-21(29-24-19)15-3-1-4-15/h2,5,10-11,13-15H,1,3-4,6-9,12H2,(H,22,26). The summed E-state index contributed by atoms with van der Waals surface area (Å²) in [5.74, 6) is 1.24. The minimum atomic E-state index is -3.61. The van der Waals surface area contributed by atoms with Crippen LogP contribution in [0.5, 0.6) is 0 Å². The molecule has 8 nitrogen and oxygen atoms in total. The van der Waals surface area contributed by atoms with Crippen LogP contribution in [-0.4, -0.2) is 41.9 Å². The maximum absolute atomic E-state index is 13.1. The normalized spacial score (nSPS) is 18.5. The Morgan fingerprint density at radius 3 is 2.72 bits per heavy atom. The van der Waals surface area contributed by atoms with Crippen LogP contribution in [0, 0.1) is 5.92 Å². The van der Waals surface area contributed by atoms with Gasteiger partial charge in [-0.2, -0.15) is 9.29 Å². The summed E-state index contributed by atoms with van der Waals surface area (Å²) in [6.07, 6.45) is 4.34. The molecule has 0 aromatic carbocycles. The zero-order chi connectivity index (χ0) is 22.1. The molecule has 1 saturated heterocycles. The van der Waals surface area contributed by atoms with Gasteiger partial charge in [0.05, 0.1) is 6.54 Å². The molecular formula is C21H24N4O4S3. The van der Waals surface area contributed by atoms with E-state index >= 15 is 0 Å². The van der Waals surface area contributed by atoms with Gasteiger partial charge in [0, 0.05) is 40.7 Å². The van der Waals surface area contributed by atoms with E-state index in [0.29, 0.717) is 55.7 Å². The smallest absolute Gasteiger partial charge is 0.252 e. The van der Waals surface area contributed by atoms with Gasteiger partial charge in [-0.05, 0) is 43.2 Å². The Kier molecular flexibility index (Phi) is 6.15. The lowest BCUT2D eigenvalue weighted by atomic mass is 9.85. The van der Waals surface area contributed by atoms with Crippen LogP contribution in [0.2, 0.25) is 0 Å². The van der Waals surface area contributed by atoms with Crippen molar-refractivity contribution in [1.82, 2.24) is 19.8 Å². The minimum absolute atomic E-state index is 0.00627. The molecule has 1 aliphatic carbocycles. The monoisotopic (exact) mass is 492 g/mol. The summed E-state index contributed by atoms with van der Waals surface area (Å²) in [7, 11) is -3.61. The third-order valence-corrected chi connectivity index (χ3v) is 10.4. The van der Waals surface area contributed by atoms with E-state index in [4.69, 9.17) is 4.52 Å². The molecular weight excluding hydrogens is 468 g/mol. The van der Waals surface area contributed by atoms with Crippen molar-refractivity contribution in [3.63, 3.8) is 0 Å². The Hall–Kier alpha value is -2.08. The van der Waals surface area contributed by atoms with Crippen LogP contribution in [0.3, 0.4) is 0 Å². The van der Waals surface area contributed by atoms with E-state index < -0.39 is 10.0 Å². The fraction of sp³-hybridized carbons (Fsp3) is 0.476. The van der Waals surface area contributed by atoms with Gasteiger partial charge in [0.2, 0.25) is 17.6 Å². The molecule has 11 heteroatoms. The number of hydrogen-bond donors (Lipinski definition) is 1. The van der Waals surface area contributed by atoms with Gasteiger partial charge in [-0.3, -0.25) is 4.79 Å². The second-order valence-corrected chi connectivity index (χ2v) is 12.3. The Morgan fingerprint density at radius 1 is 1.22 bits per heavy atom. The van der Waals surface area contributed by atoms with Crippen LogP contribution in [0.4, 0.5) is 0 Å². The van der Waals surface area contributed by atoms with E-state index in [0.717, 1.165) is 17.7 Å². The van der Waals surface area contributed by atoms with E-state index in [2.05, 4.69) is 15.5 Å². The summed E-state index contributed by atoms with van der Waals surface area (Å²) >= 11 is 2.77. The van der Waals surface area contributed by atoms with E-state index in [1.165, 1.54) is 22.1 Å². The van der Waals surface area contributed by atoms with Crippen molar-refractivity contribution in [2.24, 2.45) is 5.92 Å². The van der Waals surface area contributed by atoms with E-state index in [1.54, 1.807) is 22.8 Å². The van der Waals surface area contributed by atoms with Gasteiger partial charge in [0.15, 0.2) is 0 Å². The molecule has 1 N–H and O–H groups in total. The van der Waals surface area contributed by atoms with Gasteiger partial charge in [0.1, 0.15) is 4.21 Å². The molecule has 1 saturated carbocycles. The fourth-order valence-electron chi connectivity index (χ4n) is 3.96. The SMILES string of the molecule is O=C(NCc1cccs1)C1CCN(S(=O)(=O)c2cc(-c3noc(C4CCC4)n3)cs2)CC1. The zero-order valence-electron chi connectivity index (χ0n) is 17.4. The topological polar surface area (TPSA) is 105 Å². The Labute approximate surface area is 194 Å². The van der Waals surface area contributed by atoms with Crippen LogP contribution >= 0.6 is 22.7 Å². The molecule has 3 aromatic heterocycles. The first-order valence-corrected chi connectivity index (χ1v) is 13.9. The van der Waals surface area contributed by atoms with Crippen LogP contribution in [0.25, 0.3) is 11.4 Å². The third kappa shape index (κ3) is 4.39. The number of rotatable bonds is 7. The lowest BCUT2D eigenvalue weighted by Gasteiger charge is -2.30. The van der Waals surface area contributed by atoms with Crippen molar-refractivity contribution in [2.45, 2.75) is 48.8 Å². The van der Waals surface area contributed by atoms with E-state index in [-0.39, 0.29) is 16.0 Å². The Bertz CT molecular complexity index is 1170. The number of carbonyl (C=O) groups excluding carboxylic acids is 1. The fourth-order valence-corrected chi connectivity index (χ4v) is 7.38. The van der Waals surface area contributed by atoms with Crippen molar-refractivity contribution >= 4 is 38.6 Å². The van der Waals surface area contributed by atoms with Gasteiger partial charge in [-0.25, -0.2) is 8.42 Å². The summed E-state index contributed by atoms with van der Waals surface area (Å²) in [6.45, 7) is 1.19. The van der Waals surface area contributed by atoms with Gasteiger partial charge in [-0.1, -0.05) is 17.6 Å². The summed E-state index contributed by atoms with van der Waals surface area (Å²) in [5, 5.41) is 10.7. The average Bonchev–Trinajstić information content (AvgIpc) is 3.52. The van der Waals surface area contributed by atoms with E-state index in [1.807, 2.05) is 17.5 Å². The predicted molar refractivity (Wildman–Crippen MR) is 122 cm³/mol. The Morgan fingerprint density at radius 2 is 2.03 bits per heavy atom. The average molecular weight is 493 g/mol. The van der Waals surface area contributed by atoms with Crippen molar-refractivity contribution < 1.29 is 17.7 Å². The molecule has 2 aliphatic rings. The van der Waals surface area contributed by atoms with Gasteiger partial charge < -0.3 is 9.84 Å². The molecule has 3 aromatic rings. The first-order valence-electron chi connectivity index (χ1n) is 10.7. The second kappa shape index (κ2) is 9.05. The lowest BCUT2D eigenvalue weighted by molar-refractivity contribution is -0.126. The van der Waals surface area contributed by atoms with Crippen molar-refractivity contribution in [1.29, 1.82) is 0 Å². The van der Waals surface area contributed by atoms with Crippen molar-refractivity contribution in [3.8, 4) is 11.4 Å². The van der Waals surface area contributed by atoms with Gasteiger partial charge in [-0.15, -0.1) is 22.7 Å². The second-order valence-electron chi connectivity index (χ2n) is 8.21.